The normalized spacial score (nSPS) is 14.4. The molecule has 123 valence electrons. The molecule has 0 amide bonds. The van der Waals surface area contributed by atoms with Crippen molar-refractivity contribution in [2.45, 2.75) is 36.2 Å². The molecule has 0 bridgehead atoms. The average molecular weight is 591 g/mol. The Labute approximate surface area is 171 Å². The third kappa shape index (κ3) is 6.43. The first-order valence-corrected chi connectivity index (χ1v) is 17.0. The molecule has 0 saturated heterocycles. The van der Waals surface area contributed by atoms with Gasteiger partial charge in [-0.3, -0.25) is 0 Å². The first-order valence-electron chi connectivity index (χ1n) is 7.18. The number of aliphatic hydroxyl groups is 1. The Hall–Kier alpha value is 0.594. The van der Waals surface area contributed by atoms with Crippen LogP contribution in [-0.4, -0.2) is 10.0 Å². The summed E-state index contributed by atoms with van der Waals surface area (Å²) < 4.78 is 6.20. The van der Waals surface area contributed by atoms with Crippen LogP contribution in [0.15, 0.2) is 53.4 Å². The van der Waals surface area contributed by atoms with Gasteiger partial charge in [0.05, 0.1) is 6.61 Å². The van der Waals surface area contributed by atoms with Gasteiger partial charge in [0.15, 0.2) is 4.93 Å². The van der Waals surface area contributed by atoms with E-state index in [1.54, 1.807) is 11.8 Å². The summed E-state index contributed by atoms with van der Waals surface area (Å²) in [6.45, 7) is 2.04. The van der Waals surface area contributed by atoms with Gasteiger partial charge in [0.2, 0.25) is 0 Å². The summed E-state index contributed by atoms with van der Waals surface area (Å²) in [6, 6.07) is 16.3. The molecular formula is C17H18I2O2SV. The van der Waals surface area contributed by atoms with Crippen LogP contribution in [0.3, 0.4) is 0 Å². The minimum atomic E-state index is -0.152. The van der Waals surface area contributed by atoms with Crippen LogP contribution >= 0.6 is 51.7 Å². The number of benzene rings is 2. The standard InChI is InChI=1S/C17H18O2S.2HI.V/c1-13-7-8-16(14(11-13)12-18)19-17(9-10-17)20-15-5-3-2-4-6-15;;;/h2-8,11,18H,9-10,12H2,1H3;2*1H;/q;;;+2/p-2. The molecule has 0 radical (unpaired) electrons. The number of ether oxygens (including phenoxy) is 1. The van der Waals surface area contributed by atoms with E-state index >= 15 is 0 Å². The van der Waals surface area contributed by atoms with Crippen molar-refractivity contribution in [3.8, 4) is 5.75 Å². The van der Waals surface area contributed by atoms with Crippen molar-refractivity contribution >= 4 is 51.7 Å². The molecule has 23 heavy (non-hydrogen) atoms. The molecule has 1 fully saturated rings. The average Bonchev–Trinajstić information content (AvgIpc) is 3.30. The van der Waals surface area contributed by atoms with Gasteiger partial charge in [0.1, 0.15) is 5.75 Å². The summed E-state index contributed by atoms with van der Waals surface area (Å²) in [4.78, 5) is 1.07. The Kier molecular flexibility index (Phi) is 8.59. The maximum absolute atomic E-state index is 9.46. The van der Waals surface area contributed by atoms with E-state index in [0.717, 1.165) is 29.7 Å². The molecule has 1 aliphatic carbocycles. The van der Waals surface area contributed by atoms with E-state index in [9.17, 15) is 5.11 Å². The molecule has 2 aromatic carbocycles. The Morgan fingerprint density at radius 2 is 1.83 bits per heavy atom. The summed E-state index contributed by atoms with van der Waals surface area (Å²) >= 11 is 6.51. The van der Waals surface area contributed by atoms with Gasteiger partial charge < -0.3 is 9.84 Å². The van der Waals surface area contributed by atoms with Crippen LogP contribution in [0.4, 0.5) is 0 Å². The zero-order chi connectivity index (χ0) is 16.7. The van der Waals surface area contributed by atoms with Gasteiger partial charge in [-0.25, -0.2) is 0 Å². The van der Waals surface area contributed by atoms with Crippen LogP contribution in [0.5, 0.6) is 5.75 Å². The summed E-state index contributed by atoms with van der Waals surface area (Å²) in [6.07, 6.45) is 2.09. The summed E-state index contributed by atoms with van der Waals surface area (Å²) in [5.74, 6) is 0.805. The van der Waals surface area contributed by atoms with Gasteiger partial charge >= 0.3 is 49.4 Å². The number of hydrogen-bond donors (Lipinski definition) is 1. The second-order valence-electron chi connectivity index (χ2n) is 5.26. The van der Waals surface area contributed by atoms with Crippen molar-refractivity contribution in [1.29, 1.82) is 0 Å². The van der Waals surface area contributed by atoms with Crippen LogP contribution in [0.2, 0.25) is 0 Å². The van der Waals surface area contributed by atoms with Crippen molar-refractivity contribution in [2.24, 2.45) is 0 Å². The molecule has 0 aromatic heterocycles. The van der Waals surface area contributed by atoms with E-state index in [-0.39, 0.29) is 11.5 Å². The molecule has 1 N–H and O–H groups in total. The van der Waals surface area contributed by atoms with Gasteiger partial charge in [-0.2, -0.15) is 0 Å². The van der Waals surface area contributed by atoms with Crippen LogP contribution in [0.25, 0.3) is 0 Å². The zero-order valence-electron chi connectivity index (χ0n) is 12.7. The van der Waals surface area contributed by atoms with Crippen LogP contribution in [0.1, 0.15) is 24.0 Å². The molecule has 1 saturated carbocycles. The number of aryl methyl sites for hydroxylation is 1. The summed E-state index contributed by atoms with van der Waals surface area (Å²) in [5.41, 5.74) is 2.01. The molecular weight excluding hydrogens is 573 g/mol. The van der Waals surface area contributed by atoms with E-state index in [1.807, 2.05) is 43.3 Å². The molecule has 3 rings (SSSR count). The SMILES string of the molecule is Cc1ccc(OC2(Sc3ccccc3)CC2)c(CO)c1.[I][V][I]. The van der Waals surface area contributed by atoms with E-state index in [4.69, 9.17) is 4.74 Å². The Bertz CT molecular complexity index is 621. The zero-order valence-corrected chi connectivity index (χ0v) is 19.2. The summed E-state index contributed by atoms with van der Waals surface area (Å²) in [7, 11) is 0.628. The fourth-order valence-corrected chi connectivity index (χ4v) is 3.32. The van der Waals surface area contributed by atoms with Crippen molar-refractivity contribution in [3.63, 3.8) is 0 Å². The van der Waals surface area contributed by atoms with E-state index < -0.39 is 0 Å². The van der Waals surface area contributed by atoms with Crippen molar-refractivity contribution in [3.05, 3.63) is 59.7 Å². The third-order valence-corrected chi connectivity index (χ3v) is 4.76. The summed E-state index contributed by atoms with van der Waals surface area (Å²) in [5, 5.41) is 9.46. The predicted octanol–water partition coefficient (Wildman–Crippen LogP) is 5.92. The van der Waals surface area contributed by atoms with Crippen molar-refractivity contribution in [2.75, 3.05) is 0 Å². The molecule has 0 spiro atoms. The van der Waals surface area contributed by atoms with Gasteiger partial charge in [0, 0.05) is 23.3 Å². The van der Waals surface area contributed by atoms with E-state index in [1.165, 1.54) is 4.90 Å². The van der Waals surface area contributed by atoms with Crippen LogP contribution < -0.4 is 4.74 Å². The number of aliphatic hydroxyl groups excluding tert-OH is 1. The van der Waals surface area contributed by atoms with Gasteiger partial charge in [0.25, 0.3) is 0 Å². The monoisotopic (exact) mass is 591 g/mol. The molecule has 2 nitrogen and oxygen atoms in total. The van der Waals surface area contributed by atoms with Crippen molar-refractivity contribution in [1.82, 2.24) is 0 Å². The molecule has 0 unspecified atom stereocenters. The number of hydrogen-bond acceptors (Lipinski definition) is 3. The van der Waals surface area contributed by atoms with E-state index in [2.05, 4.69) is 52.1 Å². The molecule has 0 atom stereocenters. The molecule has 6 heteroatoms. The van der Waals surface area contributed by atoms with Crippen molar-refractivity contribution < 1.29 is 19.3 Å². The molecule has 1 aliphatic rings. The quantitative estimate of drug-likeness (QED) is 0.346. The third-order valence-electron chi connectivity index (χ3n) is 3.39. The molecule has 2 aromatic rings. The number of thioether (sulfide) groups is 1. The fourth-order valence-electron chi connectivity index (χ4n) is 2.16. The Balaban J connectivity index is 0.000000595. The van der Waals surface area contributed by atoms with Gasteiger partial charge in [-0.05, 0) is 25.1 Å². The predicted molar refractivity (Wildman–Crippen MR) is 110 cm³/mol. The first kappa shape index (κ1) is 19.9. The molecule has 0 aliphatic heterocycles. The van der Waals surface area contributed by atoms with Crippen LogP contribution in [0, 0.1) is 6.92 Å². The first-order chi connectivity index (χ1) is 11.1. The second kappa shape index (κ2) is 9.92. The van der Waals surface area contributed by atoms with E-state index in [0.29, 0.717) is 9.47 Å². The number of rotatable bonds is 5. The van der Waals surface area contributed by atoms with Gasteiger partial charge in [-0.1, -0.05) is 47.7 Å². The number of halogens is 2. The maximum atomic E-state index is 9.46. The Morgan fingerprint density at radius 3 is 2.39 bits per heavy atom. The Morgan fingerprint density at radius 1 is 1.17 bits per heavy atom. The molecule has 0 heterocycles. The van der Waals surface area contributed by atoms with Gasteiger partial charge in [-0.15, -0.1) is 0 Å². The fraction of sp³-hybridized carbons (Fsp3) is 0.294. The topological polar surface area (TPSA) is 29.5 Å². The van der Waals surface area contributed by atoms with Crippen LogP contribution in [-0.2, 0) is 16.1 Å². The second-order valence-corrected chi connectivity index (χ2v) is 18.5. The minimum absolute atomic E-state index is 0.0170.